The summed E-state index contributed by atoms with van der Waals surface area (Å²) in [6.45, 7) is 1.04. The first-order valence-corrected chi connectivity index (χ1v) is 8.65. The van der Waals surface area contributed by atoms with Gasteiger partial charge >= 0.3 is 12.1 Å². The van der Waals surface area contributed by atoms with E-state index in [9.17, 15) is 9.59 Å². The second-order valence-electron chi connectivity index (χ2n) is 6.16. The molecule has 0 aliphatic carbocycles. The third kappa shape index (κ3) is 4.57. The highest BCUT2D eigenvalue weighted by atomic mass is 16.6. The summed E-state index contributed by atoms with van der Waals surface area (Å²) < 4.78 is 15.9. The Bertz CT molecular complexity index is 806. The van der Waals surface area contributed by atoms with E-state index in [1.54, 1.807) is 17.0 Å². The molecule has 1 aliphatic rings. The normalized spacial score (nSPS) is 16.1. The number of esters is 1. The second-order valence-corrected chi connectivity index (χ2v) is 6.16. The predicted octanol–water partition coefficient (Wildman–Crippen LogP) is 2.27. The van der Waals surface area contributed by atoms with Crippen molar-refractivity contribution < 1.29 is 23.8 Å². The number of rotatable bonds is 7. The van der Waals surface area contributed by atoms with Crippen LogP contribution in [0.4, 0.5) is 10.5 Å². The molecule has 1 atom stereocenters. The molecule has 0 saturated carbocycles. The summed E-state index contributed by atoms with van der Waals surface area (Å²) >= 11 is 0. The fourth-order valence-corrected chi connectivity index (χ4v) is 2.83. The molecule has 2 aromatic rings. The van der Waals surface area contributed by atoms with Gasteiger partial charge in [0.15, 0.2) is 6.10 Å². The third-order valence-corrected chi connectivity index (χ3v) is 4.32. The molecule has 1 aliphatic heterocycles. The van der Waals surface area contributed by atoms with Crippen molar-refractivity contribution in [2.75, 3.05) is 25.2 Å². The van der Waals surface area contributed by atoms with Crippen LogP contribution in [-0.4, -0.2) is 38.4 Å². The van der Waals surface area contributed by atoms with Crippen LogP contribution in [0.5, 0.6) is 5.75 Å². The predicted molar refractivity (Wildman–Crippen MR) is 99.6 cm³/mol. The van der Waals surface area contributed by atoms with Crippen molar-refractivity contribution in [3.63, 3.8) is 0 Å². The van der Waals surface area contributed by atoms with Crippen molar-refractivity contribution in [2.45, 2.75) is 19.1 Å². The second kappa shape index (κ2) is 8.55. The molecule has 7 nitrogen and oxygen atoms in total. The number of amides is 1. The van der Waals surface area contributed by atoms with Gasteiger partial charge in [0.2, 0.25) is 0 Å². The maximum Gasteiger partial charge on any atom is 0.414 e. The van der Waals surface area contributed by atoms with E-state index >= 15 is 0 Å². The van der Waals surface area contributed by atoms with E-state index in [0.717, 1.165) is 16.8 Å². The molecule has 27 heavy (non-hydrogen) atoms. The van der Waals surface area contributed by atoms with Crippen molar-refractivity contribution >= 4 is 17.7 Å². The zero-order valence-corrected chi connectivity index (χ0v) is 15.1. The SMILES string of the molecule is COC(=O)Cc1ccccc1OCC1CN(c2ccc(CN)cc2)C(=O)O1. The maximum absolute atomic E-state index is 12.2. The number of cyclic esters (lactones) is 1. The lowest BCUT2D eigenvalue weighted by molar-refractivity contribution is -0.139. The van der Waals surface area contributed by atoms with E-state index in [4.69, 9.17) is 19.9 Å². The van der Waals surface area contributed by atoms with Gasteiger partial charge in [-0.2, -0.15) is 0 Å². The lowest BCUT2D eigenvalue weighted by atomic mass is 10.1. The van der Waals surface area contributed by atoms with E-state index in [0.29, 0.717) is 18.8 Å². The molecule has 0 radical (unpaired) electrons. The highest BCUT2D eigenvalue weighted by Crippen LogP contribution is 2.24. The van der Waals surface area contributed by atoms with Crippen LogP contribution >= 0.6 is 0 Å². The van der Waals surface area contributed by atoms with Gasteiger partial charge in [0.1, 0.15) is 12.4 Å². The summed E-state index contributed by atoms with van der Waals surface area (Å²) in [6.07, 6.45) is -0.693. The number of methoxy groups -OCH3 is 1. The number of para-hydroxylation sites is 1. The molecule has 0 aromatic heterocycles. The number of ether oxygens (including phenoxy) is 3. The largest absolute Gasteiger partial charge is 0.489 e. The summed E-state index contributed by atoms with van der Waals surface area (Å²) in [6, 6.07) is 14.7. The number of nitrogens with zero attached hydrogens (tertiary/aromatic N) is 1. The van der Waals surface area contributed by atoms with Crippen molar-refractivity contribution in [2.24, 2.45) is 5.73 Å². The highest BCUT2D eigenvalue weighted by Gasteiger charge is 2.33. The Morgan fingerprint density at radius 1 is 1.22 bits per heavy atom. The highest BCUT2D eigenvalue weighted by molar-refractivity contribution is 5.89. The van der Waals surface area contributed by atoms with Crippen LogP contribution in [0.1, 0.15) is 11.1 Å². The van der Waals surface area contributed by atoms with E-state index in [2.05, 4.69) is 0 Å². The van der Waals surface area contributed by atoms with Gasteiger partial charge in [-0.3, -0.25) is 9.69 Å². The standard InChI is InChI=1S/C20H22N2O5/c1-25-19(23)10-15-4-2-3-5-18(15)26-13-17-12-22(20(24)27-17)16-8-6-14(11-21)7-9-16/h2-9,17H,10-13,21H2,1H3. The molecule has 0 spiro atoms. The molecule has 3 rings (SSSR count). The monoisotopic (exact) mass is 370 g/mol. The number of carbonyl (C=O) groups excluding carboxylic acids is 2. The molecule has 7 heteroatoms. The first kappa shape index (κ1) is 18.7. The van der Waals surface area contributed by atoms with Gasteiger partial charge in [-0.1, -0.05) is 30.3 Å². The van der Waals surface area contributed by atoms with Crippen LogP contribution in [0.25, 0.3) is 0 Å². The van der Waals surface area contributed by atoms with Gasteiger partial charge < -0.3 is 19.9 Å². The van der Waals surface area contributed by atoms with Crippen LogP contribution in [0.15, 0.2) is 48.5 Å². The Balaban J connectivity index is 1.61. The number of hydrogen-bond donors (Lipinski definition) is 1. The Morgan fingerprint density at radius 3 is 2.67 bits per heavy atom. The minimum absolute atomic E-state index is 0.122. The van der Waals surface area contributed by atoms with E-state index < -0.39 is 12.2 Å². The Morgan fingerprint density at radius 2 is 1.96 bits per heavy atom. The first-order chi connectivity index (χ1) is 13.1. The minimum atomic E-state index is -0.410. The third-order valence-electron chi connectivity index (χ3n) is 4.32. The Hall–Kier alpha value is -3.06. The van der Waals surface area contributed by atoms with Gasteiger partial charge in [-0.25, -0.2) is 4.79 Å². The van der Waals surface area contributed by atoms with Crippen LogP contribution in [0, 0.1) is 0 Å². The lowest BCUT2D eigenvalue weighted by Gasteiger charge is -2.14. The number of carbonyl (C=O) groups is 2. The molecular weight excluding hydrogens is 348 g/mol. The molecule has 1 unspecified atom stereocenters. The number of nitrogens with two attached hydrogens (primary N) is 1. The van der Waals surface area contributed by atoms with Crippen molar-refractivity contribution in [1.82, 2.24) is 0 Å². The first-order valence-electron chi connectivity index (χ1n) is 8.65. The molecule has 142 valence electrons. The molecule has 1 amide bonds. The number of benzene rings is 2. The fraction of sp³-hybridized carbons (Fsp3) is 0.300. The molecule has 2 N–H and O–H groups in total. The van der Waals surface area contributed by atoms with Crippen molar-refractivity contribution in [3.05, 3.63) is 59.7 Å². The molecule has 1 fully saturated rings. The van der Waals surface area contributed by atoms with Crippen molar-refractivity contribution in [1.29, 1.82) is 0 Å². The van der Waals surface area contributed by atoms with E-state index in [1.807, 2.05) is 36.4 Å². The van der Waals surface area contributed by atoms with Crippen LogP contribution in [0.3, 0.4) is 0 Å². The molecular formula is C20H22N2O5. The van der Waals surface area contributed by atoms with Crippen LogP contribution in [0.2, 0.25) is 0 Å². The minimum Gasteiger partial charge on any atom is -0.489 e. The van der Waals surface area contributed by atoms with Gasteiger partial charge in [0.05, 0.1) is 20.1 Å². The van der Waals surface area contributed by atoms with Gasteiger partial charge in [0.25, 0.3) is 0 Å². The summed E-state index contributed by atoms with van der Waals surface area (Å²) in [5, 5.41) is 0. The summed E-state index contributed by atoms with van der Waals surface area (Å²) in [5.41, 5.74) is 8.07. The maximum atomic E-state index is 12.2. The lowest BCUT2D eigenvalue weighted by Crippen LogP contribution is -2.26. The molecule has 1 saturated heterocycles. The zero-order valence-electron chi connectivity index (χ0n) is 15.1. The van der Waals surface area contributed by atoms with E-state index in [1.165, 1.54) is 7.11 Å². The quantitative estimate of drug-likeness (QED) is 0.752. The average Bonchev–Trinajstić information content (AvgIpc) is 3.07. The molecule has 1 heterocycles. The van der Waals surface area contributed by atoms with Crippen LogP contribution < -0.4 is 15.4 Å². The van der Waals surface area contributed by atoms with Gasteiger partial charge in [0, 0.05) is 17.8 Å². The molecule has 0 bridgehead atoms. The summed E-state index contributed by atoms with van der Waals surface area (Å²) in [4.78, 5) is 25.2. The fourth-order valence-electron chi connectivity index (χ4n) is 2.83. The summed E-state index contributed by atoms with van der Waals surface area (Å²) in [5.74, 6) is 0.232. The summed E-state index contributed by atoms with van der Waals surface area (Å²) in [7, 11) is 1.35. The number of hydrogen-bond acceptors (Lipinski definition) is 6. The smallest absolute Gasteiger partial charge is 0.414 e. The Labute approximate surface area is 157 Å². The van der Waals surface area contributed by atoms with Gasteiger partial charge in [-0.05, 0) is 23.8 Å². The van der Waals surface area contributed by atoms with E-state index in [-0.39, 0.29) is 19.0 Å². The van der Waals surface area contributed by atoms with Crippen LogP contribution in [-0.2, 0) is 27.2 Å². The topological polar surface area (TPSA) is 91.1 Å². The average molecular weight is 370 g/mol. The Kier molecular flexibility index (Phi) is 5.93. The zero-order chi connectivity index (χ0) is 19.2. The molecule has 2 aromatic carbocycles. The number of anilines is 1. The van der Waals surface area contributed by atoms with Crippen molar-refractivity contribution in [3.8, 4) is 5.75 Å². The van der Waals surface area contributed by atoms with Gasteiger partial charge in [-0.15, -0.1) is 0 Å².